The Morgan fingerprint density at radius 1 is 1.17 bits per heavy atom. The summed E-state index contributed by atoms with van der Waals surface area (Å²) in [7, 11) is 0. The van der Waals surface area contributed by atoms with Crippen LogP contribution in [0, 0.1) is 5.82 Å². The minimum atomic E-state index is -0.894. The topological polar surface area (TPSA) is 72.5 Å². The first-order valence-electron chi connectivity index (χ1n) is 6.92. The predicted octanol–water partition coefficient (Wildman–Crippen LogP) is 2.36. The highest BCUT2D eigenvalue weighted by Gasteiger charge is 2.20. The predicted molar refractivity (Wildman–Crippen MR) is 79.8 cm³/mol. The Hall–Kier alpha value is -3.02. The van der Waals surface area contributed by atoms with Crippen molar-refractivity contribution in [1.82, 2.24) is 0 Å². The molecule has 2 aromatic rings. The third-order valence-electron chi connectivity index (χ3n) is 3.48. The van der Waals surface area contributed by atoms with E-state index in [0.717, 1.165) is 11.6 Å². The summed E-state index contributed by atoms with van der Waals surface area (Å²) >= 11 is 0. The van der Waals surface area contributed by atoms with Gasteiger partial charge in [-0.1, -0.05) is 12.1 Å². The lowest BCUT2D eigenvalue weighted by atomic mass is 10.1. The van der Waals surface area contributed by atoms with Gasteiger partial charge in [-0.15, -0.1) is 0 Å². The Balaban J connectivity index is 1.66. The van der Waals surface area contributed by atoms with Crippen LogP contribution in [0.25, 0.3) is 0 Å². The normalized spacial score (nSPS) is 12.5. The molecular weight excluding hydrogens is 301 g/mol. The van der Waals surface area contributed by atoms with Crippen molar-refractivity contribution in [2.24, 2.45) is 0 Å². The molecule has 116 valence electrons. The van der Waals surface area contributed by atoms with Crippen molar-refractivity contribution in [3.8, 4) is 0 Å². The van der Waals surface area contributed by atoms with Gasteiger partial charge < -0.3 is 10.1 Å². The summed E-state index contributed by atoms with van der Waals surface area (Å²) < 4.78 is 18.3. The van der Waals surface area contributed by atoms with Gasteiger partial charge in [-0.3, -0.25) is 9.59 Å². The molecule has 0 saturated heterocycles. The van der Waals surface area contributed by atoms with E-state index in [1.54, 1.807) is 18.2 Å². The number of hydrogen-bond acceptors (Lipinski definition) is 4. The first-order chi connectivity index (χ1) is 11.0. The molecule has 2 aromatic carbocycles. The summed E-state index contributed by atoms with van der Waals surface area (Å²) in [5.41, 5.74) is 1.52. The number of Topliss-reactive ketones (excluding diaryl/α,β-unsaturated/α-hetero) is 1. The fourth-order valence-electron chi connectivity index (χ4n) is 2.32. The molecule has 0 atom stereocenters. The zero-order chi connectivity index (χ0) is 16.4. The van der Waals surface area contributed by atoms with Crippen LogP contribution in [-0.4, -0.2) is 24.3 Å². The number of rotatable bonds is 4. The van der Waals surface area contributed by atoms with Crippen molar-refractivity contribution in [1.29, 1.82) is 0 Å². The summed E-state index contributed by atoms with van der Waals surface area (Å²) in [4.78, 5) is 35.1. The molecule has 0 saturated carbocycles. The molecule has 3 rings (SSSR count). The Labute approximate surface area is 131 Å². The Bertz CT molecular complexity index is 816. The number of ketones is 1. The number of halogens is 1. The number of esters is 1. The maximum Gasteiger partial charge on any atom is 0.341 e. The van der Waals surface area contributed by atoms with Gasteiger partial charge in [0, 0.05) is 11.3 Å². The number of carbonyl (C=O) groups is 3. The molecule has 0 bridgehead atoms. The molecule has 1 N–H and O–H groups in total. The standard InChI is InChI=1S/C17H12FNO4/c18-13-4-2-1-3-12(13)17(22)23-9-15(20)10-5-6-14-11(7-10)8-16(21)19-14/h1-7H,8-9H2,(H,19,21). The van der Waals surface area contributed by atoms with E-state index in [-0.39, 0.29) is 17.9 Å². The van der Waals surface area contributed by atoms with E-state index >= 15 is 0 Å². The molecule has 0 aliphatic carbocycles. The fraction of sp³-hybridized carbons (Fsp3) is 0.118. The third kappa shape index (κ3) is 3.11. The molecule has 0 radical (unpaired) electrons. The highest BCUT2D eigenvalue weighted by Crippen LogP contribution is 2.24. The fourth-order valence-corrected chi connectivity index (χ4v) is 2.32. The number of fused-ring (bicyclic) bond motifs is 1. The number of anilines is 1. The van der Waals surface area contributed by atoms with Crippen molar-refractivity contribution < 1.29 is 23.5 Å². The van der Waals surface area contributed by atoms with Crippen LogP contribution in [-0.2, 0) is 16.0 Å². The van der Waals surface area contributed by atoms with Crippen molar-refractivity contribution in [2.45, 2.75) is 6.42 Å². The summed E-state index contributed by atoms with van der Waals surface area (Å²) in [6.45, 7) is -0.493. The average Bonchev–Trinajstić information content (AvgIpc) is 2.91. The highest BCUT2D eigenvalue weighted by atomic mass is 19.1. The first-order valence-corrected chi connectivity index (χ1v) is 6.92. The lowest BCUT2D eigenvalue weighted by Gasteiger charge is -2.06. The summed E-state index contributed by atoms with van der Waals surface area (Å²) in [5, 5.41) is 2.66. The molecular formula is C17H12FNO4. The summed E-state index contributed by atoms with van der Waals surface area (Å²) in [5.74, 6) is -2.14. The quantitative estimate of drug-likeness (QED) is 0.695. The molecule has 0 aromatic heterocycles. The van der Waals surface area contributed by atoms with Crippen molar-refractivity contribution in [2.75, 3.05) is 11.9 Å². The number of carbonyl (C=O) groups excluding carboxylic acids is 3. The zero-order valence-corrected chi connectivity index (χ0v) is 12.0. The maximum absolute atomic E-state index is 13.4. The molecule has 23 heavy (non-hydrogen) atoms. The molecule has 1 aliphatic heterocycles. The van der Waals surface area contributed by atoms with E-state index in [4.69, 9.17) is 4.74 Å². The molecule has 1 amide bonds. The van der Waals surface area contributed by atoms with Crippen LogP contribution in [0.4, 0.5) is 10.1 Å². The van der Waals surface area contributed by atoms with Gasteiger partial charge >= 0.3 is 5.97 Å². The highest BCUT2D eigenvalue weighted by molar-refractivity contribution is 6.03. The minimum Gasteiger partial charge on any atom is -0.454 e. The monoisotopic (exact) mass is 313 g/mol. The number of ether oxygens (including phenoxy) is 1. The minimum absolute atomic E-state index is 0.129. The average molecular weight is 313 g/mol. The number of amides is 1. The van der Waals surface area contributed by atoms with Crippen LogP contribution in [0.3, 0.4) is 0 Å². The van der Waals surface area contributed by atoms with Gasteiger partial charge in [0.15, 0.2) is 12.4 Å². The summed E-state index contributed by atoms with van der Waals surface area (Å²) in [6.07, 6.45) is 0.214. The second kappa shape index (κ2) is 6.00. The van der Waals surface area contributed by atoms with Crippen LogP contribution in [0.1, 0.15) is 26.3 Å². The lowest BCUT2D eigenvalue weighted by molar-refractivity contribution is -0.115. The smallest absolute Gasteiger partial charge is 0.341 e. The van der Waals surface area contributed by atoms with Crippen molar-refractivity contribution in [3.63, 3.8) is 0 Å². The van der Waals surface area contributed by atoms with Crippen LogP contribution >= 0.6 is 0 Å². The van der Waals surface area contributed by atoms with Gasteiger partial charge in [0.25, 0.3) is 0 Å². The van der Waals surface area contributed by atoms with E-state index in [0.29, 0.717) is 11.3 Å². The Morgan fingerprint density at radius 2 is 1.96 bits per heavy atom. The van der Waals surface area contributed by atoms with Crippen molar-refractivity contribution in [3.05, 3.63) is 65.0 Å². The molecule has 1 aliphatic rings. The molecule has 0 fully saturated rings. The third-order valence-corrected chi connectivity index (χ3v) is 3.48. The second-order valence-electron chi connectivity index (χ2n) is 5.08. The maximum atomic E-state index is 13.4. The molecule has 0 unspecified atom stereocenters. The largest absolute Gasteiger partial charge is 0.454 e. The van der Waals surface area contributed by atoms with Crippen LogP contribution in [0.15, 0.2) is 42.5 Å². The van der Waals surface area contributed by atoms with Crippen LogP contribution < -0.4 is 5.32 Å². The van der Waals surface area contributed by atoms with Gasteiger partial charge in [0.1, 0.15) is 5.82 Å². The van der Waals surface area contributed by atoms with Crippen molar-refractivity contribution >= 4 is 23.3 Å². The van der Waals surface area contributed by atoms with E-state index < -0.39 is 24.2 Å². The first kappa shape index (κ1) is 14.9. The Morgan fingerprint density at radius 3 is 2.74 bits per heavy atom. The van der Waals surface area contributed by atoms with Gasteiger partial charge in [0.2, 0.25) is 5.91 Å². The van der Waals surface area contributed by atoms with E-state index in [9.17, 15) is 18.8 Å². The lowest BCUT2D eigenvalue weighted by Crippen LogP contribution is -2.15. The summed E-state index contributed by atoms with van der Waals surface area (Å²) in [6, 6.07) is 10.2. The van der Waals surface area contributed by atoms with E-state index in [1.807, 2.05) is 0 Å². The van der Waals surface area contributed by atoms with Gasteiger partial charge in [-0.05, 0) is 35.9 Å². The molecule has 6 heteroatoms. The van der Waals surface area contributed by atoms with Gasteiger partial charge in [-0.25, -0.2) is 9.18 Å². The zero-order valence-electron chi connectivity index (χ0n) is 12.0. The number of hydrogen-bond donors (Lipinski definition) is 1. The van der Waals surface area contributed by atoms with Crippen LogP contribution in [0.5, 0.6) is 0 Å². The van der Waals surface area contributed by atoms with Gasteiger partial charge in [-0.2, -0.15) is 0 Å². The molecule has 0 spiro atoms. The SMILES string of the molecule is O=C1Cc2cc(C(=O)COC(=O)c3ccccc3F)ccc2N1. The Kier molecular flexibility index (Phi) is 3.89. The second-order valence-corrected chi connectivity index (χ2v) is 5.08. The van der Waals surface area contributed by atoms with E-state index in [1.165, 1.54) is 18.2 Å². The molecule has 5 nitrogen and oxygen atoms in total. The van der Waals surface area contributed by atoms with Gasteiger partial charge in [0.05, 0.1) is 12.0 Å². The molecule has 1 heterocycles. The number of benzene rings is 2. The van der Waals surface area contributed by atoms with Crippen LogP contribution in [0.2, 0.25) is 0 Å². The van der Waals surface area contributed by atoms with E-state index in [2.05, 4.69) is 5.32 Å². The number of nitrogens with one attached hydrogen (secondary N) is 1.